The van der Waals surface area contributed by atoms with Gasteiger partial charge in [-0.2, -0.15) is 13.2 Å². The molecule has 7 nitrogen and oxygen atoms in total. The van der Waals surface area contributed by atoms with Crippen molar-refractivity contribution in [3.05, 3.63) is 82.9 Å². The van der Waals surface area contributed by atoms with E-state index in [1.54, 1.807) is 31.2 Å². The van der Waals surface area contributed by atoms with E-state index in [1.807, 2.05) is 25.2 Å². The maximum atomic E-state index is 13.7. The molecule has 1 atom stereocenters. The highest BCUT2D eigenvalue weighted by atomic mass is 19.4. The lowest BCUT2D eigenvalue weighted by atomic mass is 9.88. The van der Waals surface area contributed by atoms with Crippen LogP contribution < -0.4 is 10.6 Å². The molecule has 3 aliphatic rings. The first-order chi connectivity index (χ1) is 22.7. The van der Waals surface area contributed by atoms with Gasteiger partial charge in [-0.25, -0.2) is 0 Å². The molecule has 1 aromatic rings. The summed E-state index contributed by atoms with van der Waals surface area (Å²) in [4.78, 5) is 28.3. The largest absolute Gasteiger partial charge is 0.494 e. The van der Waals surface area contributed by atoms with Gasteiger partial charge in [0.05, 0.1) is 6.10 Å². The molecule has 1 saturated heterocycles. The summed E-state index contributed by atoms with van der Waals surface area (Å²) in [5.74, 6) is 0.298. The van der Waals surface area contributed by atoms with Gasteiger partial charge in [-0.15, -0.1) is 0 Å². The van der Waals surface area contributed by atoms with Crippen LogP contribution in [0.15, 0.2) is 82.9 Å². The molecule has 1 fully saturated rings. The van der Waals surface area contributed by atoms with E-state index in [0.717, 1.165) is 76.1 Å². The second-order valence-corrected chi connectivity index (χ2v) is 13.4. The summed E-state index contributed by atoms with van der Waals surface area (Å²) in [5.41, 5.74) is 1.41. The van der Waals surface area contributed by atoms with Crippen LogP contribution in [-0.4, -0.2) is 54.7 Å². The molecule has 0 aromatic heterocycles. The van der Waals surface area contributed by atoms with Gasteiger partial charge >= 0.3 is 6.18 Å². The van der Waals surface area contributed by atoms with Gasteiger partial charge in [0, 0.05) is 42.9 Å². The van der Waals surface area contributed by atoms with Crippen LogP contribution in [0, 0.1) is 5.41 Å². The molecule has 0 saturated carbocycles. The molecular formula is C38H50F3N3O4. The number of piperidine rings is 1. The predicted molar refractivity (Wildman–Crippen MR) is 184 cm³/mol. The first-order valence-electron chi connectivity index (χ1n) is 17.1. The number of benzene rings is 1. The van der Waals surface area contributed by atoms with Crippen LogP contribution in [0.25, 0.3) is 0 Å². The smallest absolute Gasteiger partial charge is 0.400 e. The Labute approximate surface area is 283 Å². The number of nitrogens with zero attached hydrogens (tertiary/aromatic N) is 1. The van der Waals surface area contributed by atoms with E-state index in [9.17, 15) is 22.8 Å². The van der Waals surface area contributed by atoms with Gasteiger partial charge in [-0.05, 0) is 127 Å². The summed E-state index contributed by atoms with van der Waals surface area (Å²) in [6.45, 7) is 11.3. The summed E-state index contributed by atoms with van der Waals surface area (Å²) in [6, 6.07) is 6.92. The third-order valence-corrected chi connectivity index (χ3v) is 9.25. The summed E-state index contributed by atoms with van der Waals surface area (Å²) >= 11 is 0. The van der Waals surface area contributed by atoms with Gasteiger partial charge in [-0.3, -0.25) is 9.59 Å². The number of halogens is 3. The minimum Gasteiger partial charge on any atom is -0.494 e. The molecule has 2 amide bonds. The Balaban J connectivity index is 1.26. The fourth-order valence-electron chi connectivity index (χ4n) is 5.83. The van der Waals surface area contributed by atoms with E-state index < -0.39 is 11.6 Å². The summed E-state index contributed by atoms with van der Waals surface area (Å²) in [7, 11) is 0. The van der Waals surface area contributed by atoms with Gasteiger partial charge < -0.3 is 25.0 Å². The second kappa shape index (κ2) is 16.5. The van der Waals surface area contributed by atoms with Crippen molar-refractivity contribution in [1.29, 1.82) is 0 Å². The van der Waals surface area contributed by atoms with E-state index in [2.05, 4.69) is 28.5 Å². The number of rotatable bonds is 11. The monoisotopic (exact) mass is 669 g/mol. The van der Waals surface area contributed by atoms with Gasteiger partial charge in [0.25, 0.3) is 5.91 Å². The summed E-state index contributed by atoms with van der Waals surface area (Å²) in [5, 5.41) is 5.82. The van der Waals surface area contributed by atoms with Crippen LogP contribution in [0.1, 0.15) is 86.0 Å². The quantitative estimate of drug-likeness (QED) is 0.246. The van der Waals surface area contributed by atoms with E-state index in [-0.39, 0.29) is 36.2 Å². The first kappa shape index (κ1) is 37.0. The Kier molecular flexibility index (Phi) is 12.8. The normalized spacial score (nSPS) is 20.0. The van der Waals surface area contributed by atoms with Gasteiger partial charge in [0.1, 0.15) is 23.0 Å². The number of ether oxygens (including phenoxy) is 2. The van der Waals surface area contributed by atoms with Crippen molar-refractivity contribution in [1.82, 2.24) is 4.90 Å². The number of alkyl halides is 3. The summed E-state index contributed by atoms with van der Waals surface area (Å²) in [6.07, 6.45) is 9.73. The Morgan fingerprint density at radius 3 is 2.33 bits per heavy atom. The standard InChI is InChI=1S/C38H50F3N3O4/c1-6-44-23-21-32(22-24-44)48-31-11-7-9-26(2)33(20-19-31)36(46)43-30-17-15-29(16-18-30)42-35(45)12-8-10-28-14-13-27(3)47-34(25-28)37(4,5)38(39,40)41/h11,14-20,25,27,32H,6-10,12-13,21-24H2,1-5H3,(H,42,45)(H,43,46). The molecular weight excluding hydrogens is 619 g/mol. The maximum Gasteiger partial charge on any atom is 0.400 e. The van der Waals surface area contributed by atoms with Crippen molar-refractivity contribution in [2.45, 2.75) is 104 Å². The zero-order valence-electron chi connectivity index (χ0n) is 28.8. The van der Waals surface area contributed by atoms with E-state index in [1.165, 1.54) is 6.08 Å². The predicted octanol–water partition coefficient (Wildman–Crippen LogP) is 8.99. The number of amides is 2. The second-order valence-electron chi connectivity index (χ2n) is 13.4. The molecule has 262 valence electrons. The minimum atomic E-state index is -4.45. The fraction of sp³-hybridized carbons (Fsp3) is 0.526. The molecule has 1 aromatic carbocycles. The molecule has 0 spiro atoms. The SMILES string of the molecule is CCN1CCC(OC2=CCCC(C)=C(C(=O)Nc3ccc(NC(=O)CCCC4=CCC(C)OC(C(C)(C)C(F)(F)F)=C4)cc3)C=C2)CC1. The topological polar surface area (TPSA) is 79.9 Å². The highest BCUT2D eigenvalue weighted by Crippen LogP contribution is 2.45. The number of nitrogens with one attached hydrogen (secondary N) is 2. The lowest BCUT2D eigenvalue weighted by molar-refractivity contribution is -0.211. The highest BCUT2D eigenvalue weighted by Gasteiger charge is 2.51. The molecule has 1 unspecified atom stereocenters. The lowest BCUT2D eigenvalue weighted by Crippen LogP contribution is -2.36. The Morgan fingerprint density at radius 2 is 1.69 bits per heavy atom. The Bertz CT molecular complexity index is 1450. The summed E-state index contributed by atoms with van der Waals surface area (Å²) < 4.78 is 52.9. The van der Waals surface area contributed by atoms with Crippen molar-refractivity contribution in [3.8, 4) is 0 Å². The molecule has 2 heterocycles. The van der Waals surface area contributed by atoms with Gasteiger partial charge in [0.2, 0.25) is 5.91 Å². The number of anilines is 2. The van der Waals surface area contributed by atoms with Crippen LogP contribution in [0.4, 0.5) is 24.5 Å². The van der Waals surface area contributed by atoms with Crippen molar-refractivity contribution >= 4 is 23.2 Å². The molecule has 0 radical (unpaired) electrons. The number of likely N-dealkylation sites (tertiary alicyclic amines) is 1. The fourth-order valence-corrected chi connectivity index (χ4v) is 5.83. The molecule has 48 heavy (non-hydrogen) atoms. The third kappa shape index (κ3) is 10.4. The van der Waals surface area contributed by atoms with Crippen molar-refractivity contribution in [3.63, 3.8) is 0 Å². The minimum absolute atomic E-state index is 0.103. The van der Waals surface area contributed by atoms with Gasteiger partial charge in [-0.1, -0.05) is 18.6 Å². The first-order valence-corrected chi connectivity index (χ1v) is 17.1. The highest BCUT2D eigenvalue weighted by molar-refractivity contribution is 6.06. The zero-order valence-corrected chi connectivity index (χ0v) is 28.8. The van der Waals surface area contributed by atoms with E-state index in [4.69, 9.17) is 9.47 Å². The van der Waals surface area contributed by atoms with Crippen molar-refractivity contribution in [2.75, 3.05) is 30.3 Å². The van der Waals surface area contributed by atoms with Crippen LogP contribution >= 0.6 is 0 Å². The van der Waals surface area contributed by atoms with E-state index >= 15 is 0 Å². The Hall–Kier alpha value is -3.79. The van der Waals surface area contributed by atoms with Crippen LogP contribution in [0.2, 0.25) is 0 Å². The van der Waals surface area contributed by atoms with Crippen LogP contribution in [-0.2, 0) is 19.1 Å². The van der Waals surface area contributed by atoms with Crippen molar-refractivity contribution in [2.24, 2.45) is 5.41 Å². The zero-order chi connectivity index (χ0) is 34.9. The molecule has 1 aliphatic carbocycles. The third-order valence-electron chi connectivity index (χ3n) is 9.25. The maximum absolute atomic E-state index is 13.7. The molecule has 0 bridgehead atoms. The number of allylic oxidation sites excluding steroid dienone is 6. The van der Waals surface area contributed by atoms with Crippen molar-refractivity contribution < 1.29 is 32.2 Å². The average Bonchev–Trinajstić information content (AvgIpc) is 3.22. The van der Waals surface area contributed by atoms with Gasteiger partial charge in [0.15, 0.2) is 0 Å². The lowest BCUT2D eigenvalue weighted by Gasteiger charge is -2.31. The van der Waals surface area contributed by atoms with Crippen LogP contribution in [0.5, 0.6) is 0 Å². The molecule has 2 N–H and O–H groups in total. The number of carbonyl (C=O) groups is 2. The Morgan fingerprint density at radius 1 is 1.02 bits per heavy atom. The molecule has 10 heteroatoms. The van der Waals surface area contributed by atoms with E-state index in [0.29, 0.717) is 36.2 Å². The van der Waals surface area contributed by atoms with Crippen LogP contribution in [0.3, 0.4) is 0 Å². The number of carbonyl (C=O) groups excluding carboxylic acids is 2. The average molecular weight is 670 g/mol. The number of hydrogen-bond acceptors (Lipinski definition) is 5. The molecule has 2 aliphatic heterocycles. The molecule has 4 rings (SSSR count). The number of hydrogen-bond donors (Lipinski definition) is 2.